The van der Waals surface area contributed by atoms with Crippen molar-refractivity contribution in [2.75, 3.05) is 13.2 Å². The number of ether oxygens (including phenoxy) is 3. The lowest BCUT2D eigenvalue weighted by Crippen LogP contribution is -2.30. The van der Waals surface area contributed by atoms with Crippen LogP contribution in [0.4, 0.5) is 0 Å². The van der Waals surface area contributed by atoms with E-state index in [0.29, 0.717) is 19.3 Å². The first-order chi connectivity index (χ1) is 31.5. The van der Waals surface area contributed by atoms with Gasteiger partial charge in [0.15, 0.2) is 6.10 Å². The Morgan fingerprint density at radius 3 is 1.16 bits per heavy atom. The van der Waals surface area contributed by atoms with E-state index in [0.717, 1.165) is 122 Å². The molecule has 64 heavy (non-hydrogen) atoms. The van der Waals surface area contributed by atoms with Crippen molar-refractivity contribution in [3.63, 3.8) is 0 Å². The summed E-state index contributed by atoms with van der Waals surface area (Å²) in [6.07, 6.45) is 71.4. The molecule has 0 fully saturated rings. The maximum Gasteiger partial charge on any atom is 0.306 e. The fourth-order valence-electron chi connectivity index (χ4n) is 6.33. The number of hydrogen-bond acceptors (Lipinski definition) is 6. The number of allylic oxidation sites excluding steroid dienone is 22. The zero-order valence-corrected chi connectivity index (χ0v) is 40.7. The Balaban J connectivity index is 4.55. The Bertz CT molecular complexity index is 1430. The molecule has 0 bridgehead atoms. The summed E-state index contributed by atoms with van der Waals surface area (Å²) in [4.78, 5) is 38.0. The topological polar surface area (TPSA) is 78.9 Å². The molecule has 0 amide bonds. The van der Waals surface area contributed by atoms with Crippen molar-refractivity contribution < 1.29 is 28.6 Å². The molecule has 0 radical (unpaired) electrons. The molecular weight excluding hydrogens is 793 g/mol. The van der Waals surface area contributed by atoms with Crippen LogP contribution in [0.25, 0.3) is 0 Å². The Labute approximate surface area is 392 Å². The molecule has 0 rings (SSSR count). The zero-order chi connectivity index (χ0) is 46.5. The molecule has 358 valence electrons. The first-order valence-corrected chi connectivity index (χ1v) is 25.3. The predicted molar refractivity (Wildman–Crippen MR) is 274 cm³/mol. The van der Waals surface area contributed by atoms with Gasteiger partial charge in [-0.15, -0.1) is 0 Å². The lowest BCUT2D eigenvalue weighted by Gasteiger charge is -2.18. The molecule has 0 saturated heterocycles. The van der Waals surface area contributed by atoms with Crippen molar-refractivity contribution in [2.45, 2.75) is 200 Å². The second-order valence-corrected chi connectivity index (χ2v) is 16.2. The molecule has 0 saturated carbocycles. The summed E-state index contributed by atoms with van der Waals surface area (Å²) in [5.74, 6) is -0.993. The van der Waals surface area contributed by atoms with Gasteiger partial charge in [0.1, 0.15) is 13.2 Å². The monoisotopic (exact) mass is 883 g/mol. The van der Waals surface area contributed by atoms with E-state index in [9.17, 15) is 14.4 Å². The smallest absolute Gasteiger partial charge is 0.306 e. The number of carbonyl (C=O) groups excluding carboxylic acids is 3. The molecule has 0 aromatic heterocycles. The Kier molecular flexibility index (Phi) is 47.6. The molecule has 0 N–H and O–H groups in total. The number of esters is 3. The third-order valence-electron chi connectivity index (χ3n) is 10.1. The molecular formula is C58H90O6. The summed E-state index contributed by atoms with van der Waals surface area (Å²) in [5, 5.41) is 0. The maximum absolute atomic E-state index is 12.8. The highest BCUT2D eigenvalue weighted by Gasteiger charge is 2.19. The average molecular weight is 883 g/mol. The number of carbonyl (C=O) groups is 3. The fourth-order valence-corrected chi connectivity index (χ4v) is 6.33. The quantitative estimate of drug-likeness (QED) is 0.0200. The second-order valence-electron chi connectivity index (χ2n) is 16.2. The molecule has 0 aromatic carbocycles. The standard InChI is InChI=1S/C58H90O6/c1-4-7-10-13-16-19-22-25-27-28-29-30-32-33-36-39-42-45-48-51-57(60)63-54-55(53-62-56(59)50-47-44-41-38-35-24-21-18-15-12-9-6-3)64-58(61)52-49-46-43-40-37-34-31-26-23-20-17-14-11-8-5-2/h7,9-10,12-13,16-23,25-30,32-33,36,55H,4-6,8,11,14-15,24,31,34-35,37-54H2,1-3H3/b10-7-,12-9-,16-13-,20-17-,21-18-,22-19-,26-23-,27-25-,29-28+,32-30-,36-33-. The van der Waals surface area contributed by atoms with E-state index in [1.807, 2.05) is 72.9 Å². The number of unbranched alkanes of at least 4 members (excludes halogenated alkanes) is 17. The van der Waals surface area contributed by atoms with Crippen LogP contribution in [0.2, 0.25) is 0 Å². The third kappa shape index (κ3) is 48.6. The van der Waals surface area contributed by atoms with Crippen LogP contribution in [0.5, 0.6) is 0 Å². The minimum Gasteiger partial charge on any atom is -0.462 e. The lowest BCUT2D eigenvalue weighted by atomic mass is 10.1. The van der Waals surface area contributed by atoms with Gasteiger partial charge >= 0.3 is 17.9 Å². The zero-order valence-electron chi connectivity index (χ0n) is 40.7. The van der Waals surface area contributed by atoms with Crippen LogP contribution in [0.1, 0.15) is 194 Å². The van der Waals surface area contributed by atoms with E-state index in [1.165, 1.54) is 32.1 Å². The van der Waals surface area contributed by atoms with Gasteiger partial charge in [-0.1, -0.05) is 219 Å². The normalized spacial score (nSPS) is 13.2. The van der Waals surface area contributed by atoms with Crippen LogP contribution in [-0.4, -0.2) is 37.2 Å². The highest BCUT2D eigenvalue weighted by atomic mass is 16.6. The van der Waals surface area contributed by atoms with E-state index in [4.69, 9.17) is 14.2 Å². The minimum atomic E-state index is -0.813. The lowest BCUT2D eigenvalue weighted by molar-refractivity contribution is -0.167. The van der Waals surface area contributed by atoms with Gasteiger partial charge in [0.2, 0.25) is 0 Å². The van der Waals surface area contributed by atoms with E-state index < -0.39 is 6.10 Å². The highest BCUT2D eigenvalue weighted by molar-refractivity contribution is 5.71. The minimum absolute atomic E-state index is 0.111. The molecule has 0 heterocycles. The molecule has 6 heteroatoms. The molecule has 6 nitrogen and oxygen atoms in total. The molecule has 0 aliphatic carbocycles. The maximum atomic E-state index is 12.8. The Morgan fingerprint density at radius 2 is 0.688 bits per heavy atom. The molecule has 0 aromatic rings. The molecule has 0 aliphatic heterocycles. The largest absolute Gasteiger partial charge is 0.462 e. The summed E-state index contributed by atoms with van der Waals surface area (Å²) >= 11 is 0. The van der Waals surface area contributed by atoms with Crippen LogP contribution < -0.4 is 0 Å². The first kappa shape index (κ1) is 59.5. The molecule has 1 atom stereocenters. The van der Waals surface area contributed by atoms with E-state index in [2.05, 4.69) is 81.5 Å². The third-order valence-corrected chi connectivity index (χ3v) is 10.1. The second kappa shape index (κ2) is 51.2. The molecule has 1 unspecified atom stereocenters. The van der Waals surface area contributed by atoms with Gasteiger partial charge in [-0.3, -0.25) is 14.4 Å². The van der Waals surface area contributed by atoms with Crippen molar-refractivity contribution in [3.05, 3.63) is 134 Å². The van der Waals surface area contributed by atoms with Gasteiger partial charge in [-0.05, 0) is 89.9 Å². The van der Waals surface area contributed by atoms with Gasteiger partial charge in [-0.2, -0.15) is 0 Å². The van der Waals surface area contributed by atoms with Crippen LogP contribution in [-0.2, 0) is 28.6 Å². The molecule has 0 aliphatic rings. The van der Waals surface area contributed by atoms with Gasteiger partial charge in [0.05, 0.1) is 0 Å². The van der Waals surface area contributed by atoms with Crippen LogP contribution in [0, 0.1) is 0 Å². The Morgan fingerprint density at radius 1 is 0.344 bits per heavy atom. The molecule has 0 spiro atoms. The summed E-state index contributed by atoms with van der Waals surface area (Å²) in [6, 6.07) is 0. The van der Waals surface area contributed by atoms with Crippen molar-refractivity contribution in [2.24, 2.45) is 0 Å². The van der Waals surface area contributed by atoms with Crippen molar-refractivity contribution in [1.82, 2.24) is 0 Å². The summed E-state index contributed by atoms with van der Waals surface area (Å²) < 4.78 is 16.7. The van der Waals surface area contributed by atoms with Crippen molar-refractivity contribution >= 4 is 17.9 Å². The fraction of sp³-hybridized carbons (Fsp3) is 0.569. The first-order valence-electron chi connectivity index (χ1n) is 25.3. The van der Waals surface area contributed by atoms with Gasteiger partial charge in [-0.25, -0.2) is 0 Å². The summed E-state index contributed by atoms with van der Waals surface area (Å²) in [5.41, 5.74) is 0. The van der Waals surface area contributed by atoms with Crippen molar-refractivity contribution in [1.29, 1.82) is 0 Å². The SMILES string of the molecule is CC\C=C/C=C\C=C/C=C\C=C\C=C/C=C\CCCCCC(=O)OCC(COC(=O)CCCCCCC/C=C\C/C=C\CC)OC(=O)CCCCCCCC/C=C\C=C/CCCCC. The van der Waals surface area contributed by atoms with Crippen molar-refractivity contribution in [3.8, 4) is 0 Å². The van der Waals surface area contributed by atoms with Crippen LogP contribution in [0.15, 0.2) is 134 Å². The summed E-state index contributed by atoms with van der Waals surface area (Å²) in [6.45, 7) is 6.26. The van der Waals surface area contributed by atoms with E-state index in [-0.39, 0.29) is 31.1 Å². The highest BCUT2D eigenvalue weighted by Crippen LogP contribution is 2.13. The summed E-state index contributed by atoms with van der Waals surface area (Å²) in [7, 11) is 0. The van der Waals surface area contributed by atoms with Gasteiger partial charge in [0.25, 0.3) is 0 Å². The van der Waals surface area contributed by atoms with Gasteiger partial charge in [0, 0.05) is 19.3 Å². The number of rotatable bonds is 43. The van der Waals surface area contributed by atoms with Gasteiger partial charge < -0.3 is 14.2 Å². The average Bonchev–Trinajstić information content (AvgIpc) is 3.29. The van der Waals surface area contributed by atoms with E-state index in [1.54, 1.807) is 0 Å². The van der Waals surface area contributed by atoms with Crippen LogP contribution >= 0.6 is 0 Å². The van der Waals surface area contributed by atoms with Crippen LogP contribution in [0.3, 0.4) is 0 Å². The number of hydrogen-bond donors (Lipinski definition) is 0. The Hall–Kier alpha value is -4.45. The predicted octanol–water partition coefficient (Wildman–Crippen LogP) is 16.7. The van der Waals surface area contributed by atoms with E-state index >= 15 is 0 Å².